The summed E-state index contributed by atoms with van der Waals surface area (Å²) < 4.78 is 12.0. The molecule has 0 radical (unpaired) electrons. The molecule has 7 heteroatoms. The zero-order valence-corrected chi connectivity index (χ0v) is 21.8. The van der Waals surface area contributed by atoms with Crippen LogP contribution in [-0.2, 0) is 9.53 Å². The van der Waals surface area contributed by atoms with Crippen LogP contribution in [0.1, 0.15) is 21.5 Å². The van der Waals surface area contributed by atoms with Gasteiger partial charge in [-0.25, -0.2) is 14.6 Å². The van der Waals surface area contributed by atoms with Crippen LogP contribution in [-0.4, -0.2) is 17.8 Å². The molecule has 0 aromatic heterocycles. The van der Waals surface area contributed by atoms with Gasteiger partial charge in [0.1, 0.15) is 0 Å². The van der Waals surface area contributed by atoms with Gasteiger partial charge in [0.2, 0.25) is 5.90 Å². The molecule has 0 bridgehead atoms. The molecule has 0 unspecified atom stereocenters. The van der Waals surface area contributed by atoms with Gasteiger partial charge in [0.05, 0.1) is 14.5 Å². The molecule has 0 fully saturated rings. The fraction of sp³-hybridized carbons (Fsp3) is 0. The van der Waals surface area contributed by atoms with Gasteiger partial charge >= 0.3 is 11.9 Å². The van der Waals surface area contributed by atoms with E-state index in [0.717, 1.165) is 11.1 Å². The van der Waals surface area contributed by atoms with Gasteiger partial charge < -0.3 is 9.47 Å². The molecular weight excluding hydrogens is 586 g/mol. The van der Waals surface area contributed by atoms with Crippen molar-refractivity contribution >= 4 is 55.8 Å². The summed E-state index contributed by atoms with van der Waals surface area (Å²) >= 11 is 6.90. The third-order valence-electron chi connectivity index (χ3n) is 5.39. The topological polar surface area (TPSA) is 65.0 Å². The van der Waals surface area contributed by atoms with E-state index in [4.69, 9.17) is 9.47 Å². The van der Waals surface area contributed by atoms with E-state index in [9.17, 15) is 9.59 Å². The van der Waals surface area contributed by atoms with Crippen LogP contribution in [0, 0.1) is 0 Å². The molecule has 1 heterocycles. The number of hydrogen-bond acceptors (Lipinski definition) is 5. The number of nitrogens with zero attached hydrogens (tertiary/aromatic N) is 1. The van der Waals surface area contributed by atoms with Crippen LogP contribution in [0.2, 0.25) is 0 Å². The van der Waals surface area contributed by atoms with Gasteiger partial charge in [-0.1, -0.05) is 60.7 Å². The third-order valence-corrected chi connectivity index (χ3v) is 6.57. The van der Waals surface area contributed by atoms with Gasteiger partial charge in [0.15, 0.2) is 11.4 Å². The van der Waals surface area contributed by atoms with Gasteiger partial charge in [0.25, 0.3) is 0 Å². The van der Waals surface area contributed by atoms with Crippen molar-refractivity contribution in [3.8, 4) is 16.9 Å². The average Bonchev–Trinajstić information content (AvgIpc) is 3.27. The Balaban J connectivity index is 1.36. The molecule has 0 saturated carbocycles. The van der Waals surface area contributed by atoms with E-state index in [1.54, 1.807) is 42.5 Å². The molecule has 176 valence electrons. The van der Waals surface area contributed by atoms with Crippen molar-refractivity contribution in [3.05, 3.63) is 128 Å². The minimum absolute atomic E-state index is 0.171. The largest absolute Gasteiger partial charge is 0.421 e. The van der Waals surface area contributed by atoms with Crippen molar-refractivity contribution in [2.24, 2.45) is 4.99 Å². The molecular formula is C29H17Br2NO4. The number of carbonyl (C=O) groups excluding carboxylic acids is 2. The Labute approximate surface area is 224 Å². The van der Waals surface area contributed by atoms with E-state index >= 15 is 0 Å². The van der Waals surface area contributed by atoms with Crippen LogP contribution in [0.3, 0.4) is 0 Å². The molecule has 0 atom stereocenters. The highest BCUT2D eigenvalue weighted by Crippen LogP contribution is 2.36. The highest BCUT2D eigenvalue weighted by atomic mass is 79.9. The number of ether oxygens (including phenoxy) is 2. The smallest absolute Gasteiger partial charge is 0.363 e. The number of rotatable bonds is 5. The fourth-order valence-corrected chi connectivity index (χ4v) is 5.00. The van der Waals surface area contributed by atoms with Crippen LogP contribution in [0.5, 0.6) is 5.75 Å². The second kappa shape index (κ2) is 10.4. The van der Waals surface area contributed by atoms with Crippen molar-refractivity contribution < 1.29 is 19.1 Å². The molecule has 1 aliphatic heterocycles. The first-order valence-electron chi connectivity index (χ1n) is 10.9. The van der Waals surface area contributed by atoms with E-state index in [-0.39, 0.29) is 11.6 Å². The molecule has 1 aliphatic rings. The molecule has 4 aromatic carbocycles. The fourth-order valence-electron chi connectivity index (χ4n) is 3.61. The SMILES string of the molecule is O=C1OC(c2ccc(-c3ccccc3)cc2)=N/C1=C\c1cc(Br)c(OC(=O)c2ccccc2)c(Br)c1. The summed E-state index contributed by atoms with van der Waals surface area (Å²) in [5.74, 6) is -0.431. The Morgan fingerprint density at radius 2 is 1.33 bits per heavy atom. The number of cyclic esters (lactones) is 1. The Morgan fingerprint density at radius 3 is 1.97 bits per heavy atom. The first-order valence-corrected chi connectivity index (χ1v) is 12.5. The van der Waals surface area contributed by atoms with Crippen LogP contribution in [0.4, 0.5) is 0 Å². The zero-order chi connectivity index (χ0) is 25.1. The van der Waals surface area contributed by atoms with E-state index < -0.39 is 11.9 Å². The second-order valence-electron chi connectivity index (χ2n) is 7.85. The maximum absolute atomic E-state index is 12.5. The second-order valence-corrected chi connectivity index (χ2v) is 9.56. The Kier molecular flexibility index (Phi) is 6.93. The van der Waals surface area contributed by atoms with Gasteiger partial charge in [0, 0.05) is 5.56 Å². The van der Waals surface area contributed by atoms with Crippen molar-refractivity contribution in [1.82, 2.24) is 0 Å². The molecule has 5 rings (SSSR count). The minimum atomic E-state index is -0.538. The molecule has 0 spiro atoms. The van der Waals surface area contributed by atoms with Gasteiger partial charge in [-0.3, -0.25) is 0 Å². The predicted octanol–water partition coefficient (Wildman–Crippen LogP) is 7.44. The Morgan fingerprint density at radius 1 is 0.778 bits per heavy atom. The Bertz CT molecular complexity index is 1490. The summed E-state index contributed by atoms with van der Waals surface area (Å²) in [5.41, 5.74) is 4.15. The number of hydrogen-bond donors (Lipinski definition) is 0. The summed E-state index contributed by atoms with van der Waals surface area (Å²) in [6.45, 7) is 0. The molecule has 0 saturated heterocycles. The predicted molar refractivity (Wildman–Crippen MR) is 146 cm³/mol. The summed E-state index contributed by atoms with van der Waals surface area (Å²) in [4.78, 5) is 29.3. The highest BCUT2D eigenvalue weighted by molar-refractivity contribution is 9.11. The van der Waals surface area contributed by atoms with Gasteiger partial charge in [-0.05, 0) is 91.0 Å². The standard InChI is InChI=1S/C29H17Br2NO4/c30-23-15-18(16-24(31)26(23)35-28(33)22-9-5-2-6-10-22)17-25-29(34)36-27(32-25)21-13-11-20(12-14-21)19-7-3-1-4-8-19/h1-17H/b25-17-. The van der Waals surface area contributed by atoms with Crippen LogP contribution in [0.25, 0.3) is 17.2 Å². The molecule has 0 aliphatic carbocycles. The number of aliphatic imine (C=N–C) groups is 1. The van der Waals surface area contributed by atoms with E-state index in [1.807, 2.05) is 60.7 Å². The molecule has 0 N–H and O–H groups in total. The number of halogens is 2. The normalized spacial score (nSPS) is 13.9. The first kappa shape index (κ1) is 23.9. The first-order chi connectivity index (χ1) is 17.5. The summed E-state index contributed by atoms with van der Waals surface area (Å²) in [6, 6.07) is 29.9. The van der Waals surface area contributed by atoms with Gasteiger partial charge in [-0.2, -0.15) is 0 Å². The molecule has 5 nitrogen and oxygen atoms in total. The Hall–Kier alpha value is -3.81. The lowest BCUT2D eigenvalue weighted by Crippen LogP contribution is -2.09. The lowest BCUT2D eigenvalue weighted by Gasteiger charge is -2.10. The zero-order valence-electron chi connectivity index (χ0n) is 18.7. The number of benzene rings is 4. The van der Waals surface area contributed by atoms with Crippen molar-refractivity contribution in [2.75, 3.05) is 0 Å². The number of carbonyl (C=O) groups is 2. The average molecular weight is 603 g/mol. The van der Waals surface area contributed by atoms with Crippen LogP contribution >= 0.6 is 31.9 Å². The molecule has 4 aromatic rings. The van der Waals surface area contributed by atoms with Gasteiger partial charge in [-0.15, -0.1) is 0 Å². The lowest BCUT2D eigenvalue weighted by atomic mass is 10.0. The van der Waals surface area contributed by atoms with Crippen molar-refractivity contribution in [3.63, 3.8) is 0 Å². The lowest BCUT2D eigenvalue weighted by molar-refractivity contribution is -0.129. The quantitative estimate of drug-likeness (QED) is 0.135. The third kappa shape index (κ3) is 5.22. The summed E-state index contributed by atoms with van der Waals surface area (Å²) in [5, 5.41) is 0. The van der Waals surface area contributed by atoms with Crippen molar-refractivity contribution in [2.45, 2.75) is 0 Å². The highest BCUT2D eigenvalue weighted by Gasteiger charge is 2.24. The van der Waals surface area contributed by atoms with E-state index in [2.05, 4.69) is 36.9 Å². The van der Waals surface area contributed by atoms with Crippen molar-refractivity contribution in [1.29, 1.82) is 0 Å². The summed E-state index contributed by atoms with van der Waals surface area (Å²) in [6.07, 6.45) is 1.62. The van der Waals surface area contributed by atoms with Crippen LogP contribution < -0.4 is 4.74 Å². The number of esters is 2. The summed E-state index contributed by atoms with van der Waals surface area (Å²) in [7, 11) is 0. The van der Waals surface area contributed by atoms with E-state index in [1.165, 1.54) is 0 Å². The minimum Gasteiger partial charge on any atom is -0.421 e. The van der Waals surface area contributed by atoms with E-state index in [0.29, 0.717) is 31.4 Å². The molecule has 36 heavy (non-hydrogen) atoms. The maximum Gasteiger partial charge on any atom is 0.363 e. The van der Waals surface area contributed by atoms with Crippen LogP contribution in [0.15, 0.2) is 117 Å². The monoisotopic (exact) mass is 601 g/mol. The maximum atomic E-state index is 12.5. The molecule has 0 amide bonds.